The summed E-state index contributed by atoms with van der Waals surface area (Å²) in [6.45, 7) is 0. The summed E-state index contributed by atoms with van der Waals surface area (Å²) >= 11 is 0. The molecule has 1 aliphatic carbocycles. The molecular weight excluding hydrogens is 256 g/mol. The van der Waals surface area contributed by atoms with Gasteiger partial charge in [0.15, 0.2) is 0 Å². The van der Waals surface area contributed by atoms with Crippen LogP contribution in [0.15, 0.2) is 30.4 Å². The molecule has 0 aliphatic heterocycles. The molecule has 0 radical (unpaired) electrons. The molecule has 0 saturated heterocycles. The van der Waals surface area contributed by atoms with Gasteiger partial charge in [-0.25, -0.2) is 4.79 Å². The number of fused-ring (bicyclic) bond motifs is 1. The van der Waals surface area contributed by atoms with Crippen LogP contribution in [0, 0.1) is 0 Å². The van der Waals surface area contributed by atoms with Crippen LogP contribution in [0.4, 0.5) is 0 Å². The van der Waals surface area contributed by atoms with Crippen LogP contribution in [0.5, 0.6) is 5.75 Å². The first-order chi connectivity index (χ1) is 9.65. The number of carbonyl (C=O) groups is 1. The van der Waals surface area contributed by atoms with Crippen molar-refractivity contribution >= 4 is 5.97 Å². The molecule has 4 heteroatoms. The third-order valence-electron chi connectivity index (χ3n) is 3.71. The lowest BCUT2D eigenvalue weighted by Gasteiger charge is -2.19. The molecule has 2 rings (SSSR count). The maximum Gasteiger partial charge on any atom is 0.330 e. The normalized spacial score (nSPS) is 22.1. The fraction of sp³-hybridized carbons (Fsp3) is 0.438. The second-order valence-electron chi connectivity index (χ2n) is 4.93. The van der Waals surface area contributed by atoms with Crippen LogP contribution < -0.4 is 4.74 Å². The zero-order chi connectivity index (χ0) is 14.5. The molecule has 0 fully saturated rings. The van der Waals surface area contributed by atoms with Gasteiger partial charge in [0.2, 0.25) is 0 Å². The fourth-order valence-electron chi connectivity index (χ4n) is 2.62. The van der Waals surface area contributed by atoms with Crippen molar-refractivity contribution in [2.75, 3.05) is 14.2 Å². The molecule has 4 nitrogen and oxygen atoms in total. The second-order valence-corrected chi connectivity index (χ2v) is 4.93. The van der Waals surface area contributed by atoms with Gasteiger partial charge in [-0.1, -0.05) is 12.1 Å². The van der Waals surface area contributed by atoms with Crippen molar-refractivity contribution < 1.29 is 19.4 Å². The lowest BCUT2D eigenvalue weighted by molar-refractivity contribution is -0.134. The van der Waals surface area contributed by atoms with Gasteiger partial charge in [0, 0.05) is 12.0 Å². The Morgan fingerprint density at radius 1 is 1.40 bits per heavy atom. The number of aryl methyl sites for hydroxylation is 1. The first-order valence-electron chi connectivity index (χ1n) is 6.76. The molecule has 1 N–H and O–H groups in total. The minimum atomic E-state index is -0.481. The molecular formula is C16H20O4. The van der Waals surface area contributed by atoms with Crippen LogP contribution in [-0.2, 0) is 16.0 Å². The van der Waals surface area contributed by atoms with Crippen molar-refractivity contribution in [3.8, 4) is 5.75 Å². The average molecular weight is 276 g/mol. The van der Waals surface area contributed by atoms with Crippen LogP contribution in [0.1, 0.15) is 29.9 Å². The van der Waals surface area contributed by atoms with Crippen LogP contribution in [0.25, 0.3) is 0 Å². The number of benzene rings is 1. The largest absolute Gasteiger partial charge is 0.497 e. The van der Waals surface area contributed by atoms with Crippen molar-refractivity contribution in [1.82, 2.24) is 0 Å². The van der Waals surface area contributed by atoms with Gasteiger partial charge in [-0.2, -0.15) is 0 Å². The number of carbonyl (C=O) groups excluding carboxylic acids is 1. The van der Waals surface area contributed by atoms with Gasteiger partial charge in [-0.3, -0.25) is 0 Å². The van der Waals surface area contributed by atoms with Gasteiger partial charge >= 0.3 is 5.97 Å². The molecule has 0 unspecified atom stereocenters. The molecule has 0 bridgehead atoms. The predicted molar refractivity (Wildman–Crippen MR) is 75.8 cm³/mol. The molecule has 1 aromatic rings. The van der Waals surface area contributed by atoms with E-state index in [1.54, 1.807) is 13.2 Å². The van der Waals surface area contributed by atoms with Crippen molar-refractivity contribution in [3.63, 3.8) is 0 Å². The third kappa shape index (κ3) is 3.20. The Balaban J connectivity index is 2.35. The number of aliphatic hydroxyl groups excluding tert-OH is 1. The van der Waals surface area contributed by atoms with Gasteiger partial charge in [0.25, 0.3) is 0 Å². The van der Waals surface area contributed by atoms with Crippen LogP contribution in [0.2, 0.25) is 0 Å². The first-order valence-corrected chi connectivity index (χ1v) is 6.76. The molecule has 20 heavy (non-hydrogen) atoms. The summed E-state index contributed by atoms with van der Waals surface area (Å²) in [6.07, 6.45) is 5.18. The molecule has 2 atom stereocenters. The van der Waals surface area contributed by atoms with E-state index in [9.17, 15) is 9.90 Å². The third-order valence-corrected chi connectivity index (χ3v) is 3.71. The lowest BCUT2D eigenvalue weighted by atomic mass is 9.90. The van der Waals surface area contributed by atoms with E-state index in [-0.39, 0.29) is 5.92 Å². The van der Waals surface area contributed by atoms with Crippen molar-refractivity contribution in [1.29, 1.82) is 0 Å². The highest BCUT2D eigenvalue weighted by Gasteiger charge is 2.24. The van der Waals surface area contributed by atoms with Gasteiger partial charge in [-0.15, -0.1) is 0 Å². The molecule has 0 aromatic heterocycles. The standard InChI is InChI=1S/C16H20O4/c1-19-12-6-7-13-11(10-12)4-3-5-15(17)14(13)8-9-16(18)20-2/h6-10,14-15,17H,3-5H2,1-2H3/b9-8+/t14-,15-/m1/s1. The number of methoxy groups -OCH3 is 2. The van der Waals surface area contributed by atoms with Gasteiger partial charge in [0.05, 0.1) is 20.3 Å². The minimum absolute atomic E-state index is 0.183. The number of hydrogen-bond donors (Lipinski definition) is 1. The summed E-state index contributed by atoms with van der Waals surface area (Å²) in [5.41, 5.74) is 2.22. The molecule has 0 saturated carbocycles. The predicted octanol–water partition coefficient (Wildman–Crippen LogP) is 2.21. The zero-order valence-electron chi connectivity index (χ0n) is 11.8. The van der Waals surface area contributed by atoms with E-state index in [4.69, 9.17) is 4.74 Å². The zero-order valence-corrected chi connectivity index (χ0v) is 11.8. The molecule has 1 aromatic carbocycles. The van der Waals surface area contributed by atoms with Gasteiger partial charge < -0.3 is 14.6 Å². The van der Waals surface area contributed by atoms with E-state index in [0.717, 1.165) is 24.2 Å². The molecule has 0 spiro atoms. The molecule has 1 aliphatic rings. The molecule has 0 heterocycles. The van der Waals surface area contributed by atoms with E-state index < -0.39 is 12.1 Å². The number of aliphatic hydroxyl groups is 1. The number of ether oxygens (including phenoxy) is 2. The van der Waals surface area contributed by atoms with Crippen LogP contribution >= 0.6 is 0 Å². The van der Waals surface area contributed by atoms with Crippen molar-refractivity contribution in [2.24, 2.45) is 0 Å². The maximum atomic E-state index is 11.2. The van der Waals surface area contributed by atoms with E-state index in [2.05, 4.69) is 4.74 Å². The summed E-state index contributed by atoms with van der Waals surface area (Å²) in [4.78, 5) is 11.2. The maximum absolute atomic E-state index is 11.2. The summed E-state index contributed by atoms with van der Waals surface area (Å²) < 4.78 is 9.85. The summed E-state index contributed by atoms with van der Waals surface area (Å²) in [7, 11) is 2.98. The highest BCUT2D eigenvalue weighted by atomic mass is 16.5. The van der Waals surface area contributed by atoms with Gasteiger partial charge in [-0.05, 0) is 42.5 Å². The molecule has 108 valence electrons. The second kappa shape index (κ2) is 6.57. The van der Waals surface area contributed by atoms with E-state index in [1.165, 1.54) is 18.7 Å². The molecule has 0 amide bonds. The van der Waals surface area contributed by atoms with E-state index >= 15 is 0 Å². The summed E-state index contributed by atoms with van der Waals surface area (Å²) in [5, 5.41) is 10.3. The van der Waals surface area contributed by atoms with Crippen LogP contribution in [-0.4, -0.2) is 31.4 Å². The average Bonchev–Trinajstić information content (AvgIpc) is 2.62. The highest BCUT2D eigenvalue weighted by Crippen LogP contribution is 2.33. The van der Waals surface area contributed by atoms with Crippen molar-refractivity contribution in [3.05, 3.63) is 41.5 Å². The first kappa shape index (κ1) is 14.6. The fourth-order valence-corrected chi connectivity index (χ4v) is 2.62. The Labute approximate surface area is 119 Å². The smallest absolute Gasteiger partial charge is 0.330 e. The Morgan fingerprint density at radius 2 is 2.20 bits per heavy atom. The number of rotatable bonds is 3. The Kier molecular flexibility index (Phi) is 4.79. The Morgan fingerprint density at radius 3 is 2.90 bits per heavy atom. The number of esters is 1. The van der Waals surface area contributed by atoms with Crippen LogP contribution in [0.3, 0.4) is 0 Å². The minimum Gasteiger partial charge on any atom is -0.497 e. The van der Waals surface area contributed by atoms with Crippen molar-refractivity contribution in [2.45, 2.75) is 31.3 Å². The highest BCUT2D eigenvalue weighted by molar-refractivity contribution is 5.82. The number of hydrogen-bond acceptors (Lipinski definition) is 4. The Hall–Kier alpha value is -1.81. The summed E-state index contributed by atoms with van der Waals surface area (Å²) in [6, 6.07) is 5.86. The van der Waals surface area contributed by atoms with Gasteiger partial charge in [0.1, 0.15) is 5.75 Å². The van der Waals surface area contributed by atoms with E-state index in [1.807, 2.05) is 18.2 Å². The quantitative estimate of drug-likeness (QED) is 0.522. The lowest BCUT2D eigenvalue weighted by Crippen LogP contribution is -2.16. The summed E-state index contributed by atoms with van der Waals surface area (Å²) in [5.74, 6) is 0.227. The monoisotopic (exact) mass is 276 g/mol. The van der Waals surface area contributed by atoms with E-state index in [0.29, 0.717) is 6.42 Å². The topological polar surface area (TPSA) is 55.8 Å². The Bertz CT molecular complexity index is 507. The SMILES string of the molecule is COC(=O)/C=C/[C@@H]1c2ccc(OC)cc2CCC[C@H]1O.